The number of nitrogens with one attached hydrogen (secondary N) is 1. The summed E-state index contributed by atoms with van der Waals surface area (Å²) in [5.74, 6) is 0.219. The Morgan fingerprint density at radius 3 is 2.86 bits per heavy atom. The molecule has 0 aliphatic carbocycles. The minimum atomic E-state index is -0.335. The number of hydrogen-bond acceptors (Lipinski definition) is 6. The largest absolute Gasteiger partial charge is 0.495 e. The fourth-order valence-corrected chi connectivity index (χ4v) is 4.09. The second-order valence-corrected chi connectivity index (χ2v) is 7.45. The zero-order chi connectivity index (χ0) is 19.8. The molecule has 4 aromatic rings. The van der Waals surface area contributed by atoms with Crippen LogP contribution in [0.5, 0.6) is 5.75 Å². The molecule has 1 N–H and O–H groups in total. The van der Waals surface area contributed by atoms with E-state index in [0.717, 1.165) is 21.5 Å². The Morgan fingerprint density at radius 2 is 2.07 bits per heavy atom. The highest BCUT2D eigenvalue weighted by atomic mass is 32.1. The van der Waals surface area contributed by atoms with Crippen LogP contribution in [-0.2, 0) is 11.3 Å². The molecule has 0 aliphatic rings. The molecular formula is C20H18N4O3S. The summed E-state index contributed by atoms with van der Waals surface area (Å²) in [7, 11) is 1.53. The van der Waals surface area contributed by atoms with E-state index in [-0.39, 0.29) is 18.0 Å². The SMILES string of the molecule is COc1ccccc1NC(=O)Cn1cnc2c(sc3nc(C)c(C)cc32)c1=O. The number of thiophene rings is 1. The standard InChI is InChI=1S/C20H18N4O3S/c1-11-8-13-17-18(28-19(13)22-12(11)2)20(26)24(10-21-17)9-16(25)23-14-6-4-5-7-15(14)27-3/h4-8,10H,9H2,1-3H3,(H,23,25). The highest BCUT2D eigenvalue weighted by molar-refractivity contribution is 7.25. The monoisotopic (exact) mass is 394 g/mol. The lowest BCUT2D eigenvalue weighted by Gasteiger charge is -2.10. The van der Waals surface area contributed by atoms with Crippen LogP contribution in [0, 0.1) is 13.8 Å². The van der Waals surface area contributed by atoms with E-state index in [1.54, 1.807) is 18.2 Å². The molecule has 142 valence electrons. The molecule has 0 fully saturated rings. The average Bonchev–Trinajstić information content (AvgIpc) is 3.03. The number of methoxy groups -OCH3 is 1. The van der Waals surface area contributed by atoms with Crippen LogP contribution in [0.1, 0.15) is 11.3 Å². The number of nitrogens with zero attached hydrogens (tertiary/aromatic N) is 3. The van der Waals surface area contributed by atoms with Crippen LogP contribution in [0.25, 0.3) is 20.4 Å². The number of ether oxygens (including phenoxy) is 1. The van der Waals surface area contributed by atoms with Gasteiger partial charge in [0.05, 0.1) is 24.6 Å². The van der Waals surface area contributed by atoms with Crippen molar-refractivity contribution < 1.29 is 9.53 Å². The van der Waals surface area contributed by atoms with Gasteiger partial charge in [0.1, 0.15) is 21.8 Å². The fraction of sp³-hybridized carbons (Fsp3) is 0.200. The highest BCUT2D eigenvalue weighted by Gasteiger charge is 2.15. The van der Waals surface area contributed by atoms with Crippen molar-refractivity contribution in [2.75, 3.05) is 12.4 Å². The number of carbonyl (C=O) groups excluding carboxylic acids is 1. The number of pyridine rings is 1. The lowest BCUT2D eigenvalue weighted by atomic mass is 10.2. The lowest BCUT2D eigenvalue weighted by Crippen LogP contribution is -2.27. The van der Waals surface area contributed by atoms with Crippen molar-refractivity contribution in [3.63, 3.8) is 0 Å². The molecule has 3 aromatic heterocycles. The summed E-state index contributed by atoms with van der Waals surface area (Å²) in [6, 6.07) is 9.11. The van der Waals surface area contributed by atoms with E-state index < -0.39 is 0 Å². The van der Waals surface area contributed by atoms with Crippen LogP contribution in [0.3, 0.4) is 0 Å². The Kier molecular flexibility index (Phi) is 4.56. The Hall–Kier alpha value is -3.26. The van der Waals surface area contributed by atoms with Gasteiger partial charge in [-0.05, 0) is 37.6 Å². The molecule has 0 atom stereocenters. The first-order valence-corrected chi connectivity index (χ1v) is 9.48. The van der Waals surface area contributed by atoms with Gasteiger partial charge in [-0.1, -0.05) is 12.1 Å². The Bertz CT molecular complexity index is 1280. The second kappa shape index (κ2) is 7.05. The summed E-state index contributed by atoms with van der Waals surface area (Å²) in [6.45, 7) is 3.78. The maximum Gasteiger partial charge on any atom is 0.271 e. The molecule has 1 aromatic carbocycles. The third-order valence-electron chi connectivity index (χ3n) is 4.58. The summed E-state index contributed by atoms with van der Waals surface area (Å²) < 4.78 is 7.04. The predicted molar refractivity (Wildman–Crippen MR) is 110 cm³/mol. The van der Waals surface area contributed by atoms with Crippen LogP contribution >= 0.6 is 11.3 Å². The first-order chi connectivity index (χ1) is 13.5. The highest BCUT2D eigenvalue weighted by Crippen LogP contribution is 2.30. The van der Waals surface area contributed by atoms with E-state index in [1.165, 1.54) is 29.3 Å². The number of benzene rings is 1. The normalized spacial score (nSPS) is 11.1. The van der Waals surface area contributed by atoms with Crippen LogP contribution in [0.2, 0.25) is 0 Å². The van der Waals surface area contributed by atoms with E-state index in [9.17, 15) is 9.59 Å². The predicted octanol–water partition coefficient (Wildman–Crippen LogP) is 3.27. The molecule has 3 heterocycles. The number of carbonyl (C=O) groups is 1. The van der Waals surface area contributed by atoms with Gasteiger partial charge in [0, 0.05) is 11.1 Å². The number of anilines is 1. The maximum absolute atomic E-state index is 12.9. The zero-order valence-electron chi connectivity index (χ0n) is 15.6. The van der Waals surface area contributed by atoms with Gasteiger partial charge in [0.2, 0.25) is 5.91 Å². The number of hydrogen-bond donors (Lipinski definition) is 1. The molecule has 0 saturated heterocycles. The number of aryl methyl sites for hydroxylation is 2. The number of para-hydroxylation sites is 2. The van der Waals surface area contributed by atoms with Crippen molar-refractivity contribution >= 4 is 43.4 Å². The van der Waals surface area contributed by atoms with Gasteiger partial charge < -0.3 is 10.1 Å². The summed E-state index contributed by atoms with van der Waals surface area (Å²) >= 11 is 1.30. The summed E-state index contributed by atoms with van der Waals surface area (Å²) in [4.78, 5) is 35.1. The van der Waals surface area contributed by atoms with Gasteiger partial charge >= 0.3 is 0 Å². The van der Waals surface area contributed by atoms with Gasteiger partial charge in [-0.25, -0.2) is 9.97 Å². The van der Waals surface area contributed by atoms with E-state index in [2.05, 4.69) is 15.3 Å². The van der Waals surface area contributed by atoms with Gasteiger partial charge in [-0.2, -0.15) is 0 Å². The van der Waals surface area contributed by atoms with E-state index in [0.29, 0.717) is 21.7 Å². The average molecular weight is 394 g/mol. The molecular weight excluding hydrogens is 376 g/mol. The zero-order valence-corrected chi connectivity index (χ0v) is 16.5. The van der Waals surface area contributed by atoms with Crippen molar-refractivity contribution in [1.29, 1.82) is 0 Å². The molecule has 4 rings (SSSR count). The second-order valence-electron chi connectivity index (χ2n) is 6.45. The van der Waals surface area contributed by atoms with Crippen molar-refractivity contribution in [2.24, 2.45) is 0 Å². The summed E-state index contributed by atoms with van der Waals surface area (Å²) in [6.07, 6.45) is 1.41. The third-order valence-corrected chi connectivity index (χ3v) is 5.65. The molecule has 0 aliphatic heterocycles. The topological polar surface area (TPSA) is 86.1 Å². The Labute approximate surface area is 164 Å². The van der Waals surface area contributed by atoms with Gasteiger partial charge in [0.25, 0.3) is 5.56 Å². The first kappa shape index (κ1) is 18.1. The Balaban J connectivity index is 1.67. The molecule has 7 nitrogen and oxygen atoms in total. The van der Waals surface area contributed by atoms with E-state index in [1.807, 2.05) is 26.0 Å². The van der Waals surface area contributed by atoms with Crippen molar-refractivity contribution in [3.8, 4) is 5.75 Å². The third kappa shape index (κ3) is 3.11. The minimum absolute atomic E-state index is 0.139. The fourth-order valence-electron chi connectivity index (χ4n) is 2.99. The van der Waals surface area contributed by atoms with Gasteiger partial charge in [-0.3, -0.25) is 14.2 Å². The molecule has 0 radical (unpaired) electrons. The van der Waals surface area contributed by atoms with Crippen LogP contribution < -0.4 is 15.6 Å². The Morgan fingerprint density at radius 1 is 1.29 bits per heavy atom. The molecule has 28 heavy (non-hydrogen) atoms. The van der Waals surface area contributed by atoms with Crippen LogP contribution in [-0.4, -0.2) is 27.6 Å². The van der Waals surface area contributed by atoms with Gasteiger partial charge in [0.15, 0.2) is 0 Å². The van der Waals surface area contributed by atoms with Crippen molar-refractivity contribution in [3.05, 3.63) is 58.3 Å². The molecule has 8 heteroatoms. The minimum Gasteiger partial charge on any atom is -0.495 e. The van der Waals surface area contributed by atoms with Gasteiger partial charge in [-0.15, -0.1) is 11.3 Å². The smallest absolute Gasteiger partial charge is 0.271 e. The van der Waals surface area contributed by atoms with Crippen molar-refractivity contribution in [1.82, 2.24) is 14.5 Å². The van der Waals surface area contributed by atoms with E-state index in [4.69, 9.17) is 4.74 Å². The molecule has 0 spiro atoms. The first-order valence-electron chi connectivity index (χ1n) is 8.66. The summed E-state index contributed by atoms with van der Waals surface area (Å²) in [5, 5.41) is 3.63. The molecule has 0 saturated carbocycles. The van der Waals surface area contributed by atoms with Crippen LogP contribution in [0.15, 0.2) is 41.5 Å². The lowest BCUT2D eigenvalue weighted by molar-refractivity contribution is -0.116. The van der Waals surface area contributed by atoms with Crippen molar-refractivity contribution in [2.45, 2.75) is 20.4 Å². The number of fused-ring (bicyclic) bond motifs is 3. The molecule has 1 amide bonds. The quantitative estimate of drug-likeness (QED) is 0.574. The van der Waals surface area contributed by atoms with Crippen LogP contribution in [0.4, 0.5) is 5.69 Å². The number of amides is 1. The maximum atomic E-state index is 12.9. The molecule has 0 unspecified atom stereocenters. The number of rotatable bonds is 4. The summed E-state index contributed by atoms with van der Waals surface area (Å²) in [5.41, 5.74) is 2.90. The number of aromatic nitrogens is 3. The molecule has 0 bridgehead atoms. The van der Waals surface area contributed by atoms with E-state index >= 15 is 0 Å².